The second kappa shape index (κ2) is 4.99. The lowest BCUT2D eigenvalue weighted by atomic mass is 10.1. The Morgan fingerprint density at radius 3 is 2.39 bits per heavy atom. The number of aldehydes is 1. The van der Waals surface area contributed by atoms with Gasteiger partial charge in [-0.2, -0.15) is 0 Å². The van der Waals surface area contributed by atoms with Crippen LogP contribution in [0.1, 0.15) is 27.9 Å². The lowest BCUT2D eigenvalue weighted by Crippen LogP contribution is -1.83. The summed E-state index contributed by atoms with van der Waals surface area (Å²) in [6, 6.07) is 14.5. The van der Waals surface area contributed by atoms with E-state index in [9.17, 15) is 4.79 Å². The number of carbonyl (C=O) groups is 1. The molecule has 0 N–H and O–H groups in total. The van der Waals surface area contributed by atoms with Crippen molar-refractivity contribution in [2.24, 2.45) is 0 Å². The van der Waals surface area contributed by atoms with Crippen LogP contribution in [-0.2, 0) is 12.8 Å². The lowest BCUT2D eigenvalue weighted by Gasteiger charge is -2.05. The highest BCUT2D eigenvalue weighted by Crippen LogP contribution is 2.31. The van der Waals surface area contributed by atoms with Crippen molar-refractivity contribution in [1.29, 1.82) is 0 Å². The van der Waals surface area contributed by atoms with Crippen molar-refractivity contribution in [3.05, 3.63) is 59.2 Å². The molecule has 0 aromatic heterocycles. The maximum absolute atomic E-state index is 10.6. The maximum Gasteiger partial charge on any atom is 0.150 e. The molecule has 0 fully saturated rings. The van der Waals surface area contributed by atoms with Gasteiger partial charge in [-0.1, -0.05) is 30.0 Å². The summed E-state index contributed by atoms with van der Waals surface area (Å²) in [5, 5.41) is 0. The second-order valence-corrected chi connectivity index (χ2v) is 5.72. The first-order valence-corrected chi connectivity index (χ1v) is 7.02. The number of hydrogen-bond donors (Lipinski definition) is 0. The van der Waals surface area contributed by atoms with E-state index < -0.39 is 0 Å². The topological polar surface area (TPSA) is 17.1 Å². The van der Waals surface area contributed by atoms with Crippen LogP contribution in [0.15, 0.2) is 52.3 Å². The van der Waals surface area contributed by atoms with E-state index in [1.165, 1.54) is 40.2 Å². The molecule has 1 nitrogen and oxygen atoms in total. The Balaban J connectivity index is 1.81. The molecule has 1 aliphatic rings. The molecule has 0 saturated carbocycles. The number of rotatable bonds is 3. The fraction of sp³-hybridized carbons (Fsp3) is 0.188. The molecule has 0 atom stereocenters. The second-order valence-electron chi connectivity index (χ2n) is 4.57. The summed E-state index contributed by atoms with van der Waals surface area (Å²) < 4.78 is 0. The fourth-order valence-electron chi connectivity index (χ4n) is 2.36. The molecule has 3 rings (SSSR count). The molecular formula is C16H14OS. The minimum absolute atomic E-state index is 0.730. The SMILES string of the molecule is O=Cc1ccc(Sc2ccc3c(c2)CCC3)cc1. The van der Waals surface area contributed by atoms with Crippen molar-refractivity contribution in [2.75, 3.05) is 0 Å². The Kier molecular flexibility index (Phi) is 3.20. The van der Waals surface area contributed by atoms with Crippen LogP contribution in [0, 0.1) is 0 Å². The molecule has 90 valence electrons. The summed E-state index contributed by atoms with van der Waals surface area (Å²) in [6.07, 6.45) is 4.61. The summed E-state index contributed by atoms with van der Waals surface area (Å²) in [6.45, 7) is 0. The normalized spacial score (nSPS) is 13.3. The molecule has 0 amide bonds. The van der Waals surface area contributed by atoms with E-state index in [1.54, 1.807) is 11.8 Å². The van der Waals surface area contributed by atoms with E-state index in [4.69, 9.17) is 0 Å². The van der Waals surface area contributed by atoms with Gasteiger partial charge in [-0.15, -0.1) is 0 Å². The molecule has 0 unspecified atom stereocenters. The quantitative estimate of drug-likeness (QED) is 0.766. The largest absolute Gasteiger partial charge is 0.298 e. The van der Waals surface area contributed by atoms with Crippen LogP contribution in [0.3, 0.4) is 0 Å². The lowest BCUT2D eigenvalue weighted by molar-refractivity contribution is 0.112. The van der Waals surface area contributed by atoms with Crippen molar-refractivity contribution in [3.63, 3.8) is 0 Å². The van der Waals surface area contributed by atoms with Gasteiger partial charge < -0.3 is 0 Å². The van der Waals surface area contributed by atoms with E-state index in [-0.39, 0.29) is 0 Å². The van der Waals surface area contributed by atoms with Gasteiger partial charge in [-0.05, 0) is 54.7 Å². The summed E-state index contributed by atoms with van der Waals surface area (Å²) in [5.74, 6) is 0. The molecule has 0 bridgehead atoms. The first kappa shape index (κ1) is 11.5. The van der Waals surface area contributed by atoms with E-state index >= 15 is 0 Å². The van der Waals surface area contributed by atoms with Crippen molar-refractivity contribution < 1.29 is 4.79 Å². The molecule has 1 aliphatic carbocycles. The van der Waals surface area contributed by atoms with Gasteiger partial charge in [0.05, 0.1) is 0 Å². The van der Waals surface area contributed by atoms with Gasteiger partial charge in [-0.3, -0.25) is 4.79 Å². The highest BCUT2D eigenvalue weighted by molar-refractivity contribution is 7.99. The third kappa shape index (κ3) is 2.34. The smallest absolute Gasteiger partial charge is 0.150 e. The first-order chi connectivity index (χ1) is 8.85. The summed E-state index contributed by atoms with van der Waals surface area (Å²) in [5.41, 5.74) is 3.74. The van der Waals surface area contributed by atoms with E-state index in [0.29, 0.717) is 0 Å². The highest BCUT2D eigenvalue weighted by atomic mass is 32.2. The van der Waals surface area contributed by atoms with Crippen molar-refractivity contribution in [3.8, 4) is 0 Å². The standard InChI is InChI=1S/C16H14OS/c17-11-12-4-7-15(8-5-12)18-16-9-6-13-2-1-3-14(13)10-16/h4-11H,1-3H2. The molecule has 0 radical (unpaired) electrons. The minimum Gasteiger partial charge on any atom is -0.298 e. The number of benzene rings is 2. The van der Waals surface area contributed by atoms with Gasteiger partial charge in [0.15, 0.2) is 0 Å². The van der Waals surface area contributed by atoms with E-state index in [1.807, 2.05) is 24.3 Å². The van der Waals surface area contributed by atoms with Crippen molar-refractivity contribution >= 4 is 18.0 Å². The monoisotopic (exact) mass is 254 g/mol. The zero-order chi connectivity index (χ0) is 12.4. The average molecular weight is 254 g/mol. The van der Waals surface area contributed by atoms with Gasteiger partial charge >= 0.3 is 0 Å². The van der Waals surface area contributed by atoms with Crippen LogP contribution in [0.4, 0.5) is 0 Å². The van der Waals surface area contributed by atoms with Crippen LogP contribution < -0.4 is 0 Å². The zero-order valence-corrected chi connectivity index (χ0v) is 10.9. The van der Waals surface area contributed by atoms with Crippen molar-refractivity contribution in [2.45, 2.75) is 29.1 Å². The Hall–Kier alpha value is -1.54. The summed E-state index contributed by atoms with van der Waals surface area (Å²) in [7, 11) is 0. The molecule has 0 saturated heterocycles. The van der Waals surface area contributed by atoms with Crippen LogP contribution in [-0.4, -0.2) is 6.29 Å². The van der Waals surface area contributed by atoms with Gasteiger partial charge in [0, 0.05) is 15.4 Å². The number of hydrogen-bond acceptors (Lipinski definition) is 2. The molecule has 0 aliphatic heterocycles. The molecule has 0 spiro atoms. The Morgan fingerprint density at radius 2 is 1.61 bits per heavy atom. The predicted octanol–water partition coefficient (Wildman–Crippen LogP) is 4.14. The summed E-state index contributed by atoms with van der Waals surface area (Å²) in [4.78, 5) is 13.1. The Labute approximate surface area is 111 Å². The minimum atomic E-state index is 0.730. The van der Waals surface area contributed by atoms with Gasteiger partial charge in [0.1, 0.15) is 6.29 Å². The van der Waals surface area contributed by atoms with Crippen LogP contribution in [0.5, 0.6) is 0 Å². The molecule has 0 heterocycles. The average Bonchev–Trinajstić information content (AvgIpc) is 2.87. The maximum atomic E-state index is 10.6. The Morgan fingerprint density at radius 1 is 0.889 bits per heavy atom. The third-order valence-electron chi connectivity index (χ3n) is 3.32. The van der Waals surface area contributed by atoms with Gasteiger partial charge in [0.25, 0.3) is 0 Å². The molecule has 2 heteroatoms. The predicted molar refractivity (Wildman–Crippen MR) is 74.4 cm³/mol. The fourth-order valence-corrected chi connectivity index (χ4v) is 3.24. The number of fused-ring (bicyclic) bond motifs is 1. The van der Waals surface area contributed by atoms with Crippen molar-refractivity contribution in [1.82, 2.24) is 0 Å². The molecule has 18 heavy (non-hydrogen) atoms. The van der Waals surface area contributed by atoms with Crippen LogP contribution in [0.25, 0.3) is 0 Å². The van der Waals surface area contributed by atoms with Crippen LogP contribution in [0.2, 0.25) is 0 Å². The molecule has 2 aromatic rings. The molecule has 2 aromatic carbocycles. The summed E-state index contributed by atoms with van der Waals surface area (Å²) >= 11 is 1.76. The Bertz CT molecular complexity index is 572. The van der Waals surface area contributed by atoms with Crippen LogP contribution >= 0.6 is 11.8 Å². The zero-order valence-electron chi connectivity index (χ0n) is 10.1. The number of aryl methyl sites for hydroxylation is 2. The molecular weight excluding hydrogens is 240 g/mol. The van der Waals surface area contributed by atoms with Gasteiger partial charge in [0.2, 0.25) is 0 Å². The highest BCUT2D eigenvalue weighted by Gasteiger charge is 2.11. The third-order valence-corrected chi connectivity index (χ3v) is 4.32. The van der Waals surface area contributed by atoms with E-state index in [0.717, 1.165) is 11.8 Å². The number of carbonyl (C=O) groups excluding carboxylic acids is 1. The van der Waals surface area contributed by atoms with Gasteiger partial charge in [-0.25, -0.2) is 0 Å². The van der Waals surface area contributed by atoms with E-state index in [2.05, 4.69) is 18.2 Å². The first-order valence-electron chi connectivity index (χ1n) is 6.20.